The van der Waals surface area contributed by atoms with E-state index in [1.54, 1.807) is 25.3 Å². The van der Waals surface area contributed by atoms with Crippen LogP contribution in [0.25, 0.3) is 0 Å². The molecule has 7 heteroatoms. The summed E-state index contributed by atoms with van der Waals surface area (Å²) in [7, 11) is -1.83. The van der Waals surface area contributed by atoms with Gasteiger partial charge in [-0.1, -0.05) is 35.4 Å². The van der Waals surface area contributed by atoms with Gasteiger partial charge < -0.3 is 4.74 Å². The number of piperazine rings is 1. The smallest absolute Gasteiger partial charge is 0.243 e. The minimum Gasteiger partial charge on any atom is -0.496 e. The van der Waals surface area contributed by atoms with E-state index in [0.29, 0.717) is 31.2 Å². The maximum absolute atomic E-state index is 12.8. The van der Waals surface area contributed by atoms with Crippen molar-refractivity contribution in [3.63, 3.8) is 0 Å². The number of ether oxygens (including phenoxy) is 1. The first-order valence-electron chi connectivity index (χ1n) is 8.52. The molecule has 1 aliphatic rings. The summed E-state index contributed by atoms with van der Waals surface area (Å²) in [4.78, 5) is 2.50. The van der Waals surface area contributed by atoms with Crippen LogP contribution in [0.3, 0.4) is 0 Å². The normalized spacial score (nSPS) is 16.6. The van der Waals surface area contributed by atoms with Gasteiger partial charge in [-0.2, -0.15) is 4.31 Å². The van der Waals surface area contributed by atoms with Crippen molar-refractivity contribution in [2.45, 2.75) is 18.4 Å². The van der Waals surface area contributed by atoms with Gasteiger partial charge in [0.05, 0.1) is 12.0 Å². The van der Waals surface area contributed by atoms with Gasteiger partial charge in [-0.25, -0.2) is 8.42 Å². The monoisotopic (exact) mass is 394 g/mol. The van der Waals surface area contributed by atoms with Crippen molar-refractivity contribution in [2.75, 3.05) is 33.3 Å². The number of hydrogen-bond acceptors (Lipinski definition) is 4. The molecule has 3 rings (SSSR count). The molecule has 0 amide bonds. The van der Waals surface area contributed by atoms with Crippen LogP contribution < -0.4 is 4.74 Å². The van der Waals surface area contributed by atoms with E-state index in [4.69, 9.17) is 16.3 Å². The first kappa shape index (κ1) is 19.2. The van der Waals surface area contributed by atoms with Crippen molar-refractivity contribution >= 4 is 21.6 Å². The second-order valence-corrected chi connectivity index (χ2v) is 8.83. The zero-order valence-electron chi connectivity index (χ0n) is 15.0. The number of methoxy groups -OCH3 is 1. The van der Waals surface area contributed by atoms with Crippen molar-refractivity contribution in [1.29, 1.82) is 0 Å². The van der Waals surface area contributed by atoms with Gasteiger partial charge in [-0.15, -0.1) is 0 Å². The molecule has 0 bridgehead atoms. The number of hydrogen-bond donors (Lipinski definition) is 0. The Labute approximate surface area is 160 Å². The topological polar surface area (TPSA) is 49.9 Å². The molecule has 0 aliphatic carbocycles. The highest BCUT2D eigenvalue weighted by atomic mass is 35.5. The van der Waals surface area contributed by atoms with Gasteiger partial charge in [0.2, 0.25) is 10.0 Å². The third-order valence-corrected chi connectivity index (χ3v) is 6.72. The lowest BCUT2D eigenvalue weighted by atomic mass is 10.1. The standard InChI is InChI=1S/C19H23ClN2O3S/c1-15-6-7-19(25-2)16(12-15)14-21-8-10-22(11-9-21)26(23,24)18-5-3-4-17(20)13-18/h3-7,12-13H,8-11,14H2,1-2H3. The fourth-order valence-corrected chi connectivity index (χ4v) is 4.90. The molecule has 2 aromatic carbocycles. The number of sulfonamides is 1. The zero-order valence-corrected chi connectivity index (χ0v) is 16.6. The predicted molar refractivity (Wildman–Crippen MR) is 103 cm³/mol. The van der Waals surface area contributed by atoms with Crippen LogP contribution in [-0.4, -0.2) is 50.9 Å². The molecule has 0 radical (unpaired) electrons. The van der Waals surface area contributed by atoms with E-state index in [0.717, 1.165) is 17.9 Å². The largest absolute Gasteiger partial charge is 0.496 e. The molecule has 0 spiro atoms. The number of nitrogens with zero attached hydrogens (tertiary/aromatic N) is 2. The molecule has 1 fully saturated rings. The first-order chi connectivity index (χ1) is 12.4. The van der Waals surface area contributed by atoms with Crippen molar-refractivity contribution in [1.82, 2.24) is 9.21 Å². The predicted octanol–water partition coefficient (Wildman–Crippen LogP) is 3.16. The zero-order chi connectivity index (χ0) is 18.7. The Balaban J connectivity index is 1.67. The Morgan fingerprint density at radius 3 is 2.46 bits per heavy atom. The second kappa shape index (κ2) is 7.96. The molecule has 0 saturated carbocycles. The summed E-state index contributed by atoms with van der Waals surface area (Å²) in [5, 5.41) is 0.427. The molecule has 2 aromatic rings. The Bertz CT molecular complexity index is 878. The van der Waals surface area contributed by atoms with Gasteiger partial charge in [0.1, 0.15) is 5.75 Å². The van der Waals surface area contributed by atoms with Crippen molar-refractivity contribution < 1.29 is 13.2 Å². The Morgan fingerprint density at radius 1 is 1.08 bits per heavy atom. The van der Waals surface area contributed by atoms with Gasteiger partial charge in [0.15, 0.2) is 0 Å². The molecule has 1 aliphatic heterocycles. The van der Waals surface area contributed by atoms with Gasteiger partial charge in [0, 0.05) is 43.3 Å². The summed E-state index contributed by atoms with van der Waals surface area (Å²) >= 11 is 5.94. The third kappa shape index (κ3) is 4.20. The van der Waals surface area contributed by atoms with Crippen molar-refractivity contribution in [3.8, 4) is 5.75 Å². The van der Waals surface area contributed by atoms with Crippen LogP contribution in [0.2, 0.25) is 5.02 Å². The first-order valence-corrected chi connectivity index (χ1v) is 10.3. The van der Waals surface area contributed by atoms with Gasteiger partial charge >= 0.3 is 0 Å². The molecular weight excluding hydrogens is 372 g/mol. The Morgan fingerprint density at radius 2 is 1.81 bits per heavy atom. The number of halogens is 1. The lowest BCUT2D eigenvalue weighted by Crippen LogP contribution is -2.48. The van der Waals surface area contributed by atoms with Crippen LogP contribution in [-0.2, 0) is 16.6 Å². The molecule has 1 heterocycles. The average molecular weight is 395 g/mol. The molecule has 140 valence electrons. The number of aryl methyl sites for hydroxylation is 1. The lowest BCUT2D eigenvalue weighted by Gasteiger charge is -2.34. The van der Waals surface area contributed by atoms with Crippen LogP contribution in [0, 0.1) is 6.92 Å². The Hall–Kier alpha value is -1.60. The van der Waals surface area contributed by atoms with E-state index in [1.165, 1.54) is 15.9 Å². The molecule has 26 heavy (non-hydrogen) atoms. The molecule has 0 atom stereocenters. The highest BCUT2D eigenvalue weighted by Crippen LogP contribution is 2.24. The summed E-state index contributed by atoms with van der Waals surface area (Å²) in [6, 6.07) is 12.5. The van der Waals surface area contributed by atoms with Crippen molar-refractivity contribution in [3.05, 3.63) is 58.6 Å². The minimum absolute atomic E-state index is 0.249. The summed E-state index contributed by atoms with van der Waals surface area (Å²) in [5.41, 5.74) is 2.31. The van der Waals surface area contributed by atoms with Gasteiger partial charge in [0.25, 0.3) is 0 Å². The van der Waals surface area contributed by atoms with E-state index in [2.05, 4.69) is 17.9 Å². The maximum atomic E-state index is 12.8. The third-order valence-electron chi connectivity index (χ3n) is 4.59. The number of rotatable bonds is 5. The summed E-state index contributed by atoms with van der Waals surface area (Å²) in [6.07, 6.45) is 0. The fraction of sp³-hybridized carbons (Fsp3) is 0.368. The summed E-state index contributed by atoms with van der Waals surface area (Å²) < 4.78 is 32.5. The van der Waals surface area contributed by atoms with E-state index in [9.17, 15) is 8.42 Å². The van der Waals surface area contributed by atoms with E-state index in [1.807, 2.05) is 12.1 Å². The number of benzene rings is 2. The summed E-state index contributed by atoms with van der Waals surface area (Å²) in [6.45, 7) is 5.08. The highest BCUT2D eigenvalue weighted by Gasteiger charge is 2.28. The molecular formula is C19H23ClN2O3S. The maximum Gasteiger partial charge on any atom is 0.243 e. The van der Waals surface area contributed by atoms with Gasteiger partial charge in [-0.05, 0) is 31.2 Å². The van der Waals surface area contributed by atoms with Gasteiger partial charge in [-0.3, -0.25) is 4.90 Å². The SMILES string of the molecule is COc1ccc(C)cc1CN1CCN(S(=O)(=O)c2cccc(Cl)c2)CC1. The van der Waals surface area contributed by atoms with E-state index >= 15 is 0 Å². The fourth-order valence-electron chi connectivity index (χ4n) is 3.18. The molecule has 5 nitrogen and oxygen atoms in total. The van der Waals surface area contributed by atoms with Crippen LogP contribution in [0.1, 0.15) is 11.1 Å². The molecule has 1 saturated heterocycles. The minimum atomic E-state index is -3.50. The highest BCUT2D eigenvalue weighted by molar-refractivity contribution is 7.89. The lowest BCUT2D eigenvalue weighted by molar-refractivity contribution is 0.180. The Kier molecular flexibility index (Phi) is 5.87. The van der Waals surface area contributed by atoms with Crippen LogP contribution in [0.5, 0.6) is 5.75 Å². The molecule has 0 unspecified atom stereocenters. The van der Waals surface area contributed by atoms with E-state index in [-0.39, 0.29) is 4.90 Å². The van der Waals surface area contributed by atoms with Crippen LogP contribution in [0.4, 0.5) is 0 Å². The van der Waals surface area contributed by atoms with Crippen molar-refractivity contribution in [2.24, 2.45) is 0 Å². The average Bonchev–Trinajstić information content (AvgIpc) is 2.62. The molecule has 0 aromatic heterocycles. The van der Waals surface area contributed by atoms with Crippen LogP contribution in [0.15, 0.2) is 47.4 Å². The van der Waals surface area contributed by atoms with E-state index < -0.39 is 10.0 Å². The summed E-state index contributed by atoms with van der Waals surface area (Å²) in [5.74, 6) is 0.865. The van der Waals surface area contributed by atoms with Crippen LogP contribution >= 0.6 is 11.6 Å². The second-order valence-electron chi connectivity index (χ2n) is 6.45. The quantitative estimate of drug-likeness (QED) is 0.781. The molecule has 0 N–H and O–H groups in total.